The van der Waals surface area contributed by atoms with Crippen LogP contribution in [0.4, 0.5) is 19.0 Å². The van der Waals surface area contributed by atoms with Crippen molar-refractivity contribution < 1.29 is 27.5 Å². The minimum absolute atomic E-state index is 0.00656. The average Bonchev–Trinajstić information content (AvgIpc) is 3.52. The molecule has 0 saturated heterocycles. The molecule has 0 unspecified atom stereocenters. The van der Waals surface area contributed by atoms with E-state index in [4.69, 9.17) is 16.3 Å². The first-order chi connectivity index (χ1) is 14.1. The number of nitrogens with zero attached hydrogens (tertiary/aromatic N) is 2. The number of hydrogen-bond donors (Lipinski definition) is 2. The van der Waals surface area contributed by atoms with Gasteiger partial charge < -0.3 is 15.4 Å². The number of amides is 2. The van der Waals surface area contributed by atoms with Gasteiger partial charge in [0.05, 0.1) is 11.6 Å². The molecule has 0 aromatic carbocycles. The summed E-state index contributed by atoms with van der Waals surface area (Å²) >= 11 is 5.79. The molecule has 2 heterocycles. The second-order valence-electron chi connectivity index (χ2n) is 6.89. The van der Waals surface area contributed by atoms with E-state index in [0.717, 1.165) is 18.9 Å². The zero-order valence-corrected chi connectivity index (χ0v) is 16.5. The standard InChI is InChI=1S/C19H18ClF3N4O3/c1-10(9-30-18-14(20)7-13(8-25-18)19(21,22)23)26-17(29)12-4-5-24-15(6-12)27-16(28)11-2-3-11/h4-8,10-11H,2-3,9H2,1H3,(H,26,29)(H,24,27,28)/t10-/m1/s1. The maximum Gasteiger partial charge on any atom is 0.417 e. The van der Waals surface area contributed by atoms with Gasteiger partial charge in [-0.2, -0.15) is 13.2 Å². The Morgan fingerprint density at radius 3 is 2.67 bits per heavy atom. The summed E-state index contributed by atoms with van der Waals surface area (Å²) in [6.45, 7) is 1.58. The van der Waals surface area contributed by atoms with Crippen LogP contribution in [0.2, 0.25) is 5.02 Å². The third-order valence-electron chi connectivity index (χ3n) is 4.20. The third kappa shape index (κ3) is 5.82. The van der Waals surface area contributed by atoms with Crippen molar-refractivity contribution in [1.82, 2.24) is 15.3 Å². The molecule has 2 amide bonds. The van der Waals surface area contributed by atoms with Crippen molar-refractivity contribution in [2.75, 3.05) is 11.9 Å². The first kappa shape index (κ1) is 21.8. The molecule has 0 aliphatic heterocycles. The van der Waals surface area contributed by atoms with E-state index in [-0.39, 0.29) is 40.7 Å². The molecule has 0 radical (unpaired) electrons. The first-order valence-electron chi connectivity index (χ1n) is 9.07. The highest BCUT2D eigenvalue weighted by molar-refractivity contribution is 6.31. The van der Waals surface area contributed by atoms with Gasteiger partial charge in [-0.1, -0.05) is 11.6 Å². The minimum atomic E-state index is -4.56. The SMILES string of the molecule is C[C@H](COc1ncc(C(F)(F)F)cc1Cl)NC(=O)c1ccnc(NC(=O)C2CC2)c1. The summed E-state index contributed by atoms with van der Waals surface area (Å²) in [6.07, 6.45) is -0.829. The molecule has 1 aliphatic rings. The number of aromatic nitrogens is 2. The van der Waals surface area contributed by atoms with Crippen molar-refractivity contribution in [3.05, 3.63) is 46.7 Å². The molecule has 3 rings (SSSR count). The maximum atomic E-state index is 12.6. The van der Waals surface area contributed by atoms with E-state index < -0.39 is 23.7 Å². The predicted octanol–water partition coefficient (Wildman–Crippen LogP) is 3.69. The number of anilines is 1. The summed E-state index contributed by atoms with van der Waals surface area (Å²) < 4.78 is 43.3. The first-order valence-corrected chi connectivity index (χ1v) is 9.44. The van der Waals surface area contributed by atoms with Crippen LogP contribution in [0, 0.1) is 5.92 Å². The van der Waals surface area contributed by atoms with E-state index in [1.807, 2.05) is 0 Å². The lowest BCUT2D eigenvalue weighted by Gasteiger charge is -2.16. The fourth-order valence-electron chi connectivity index (χ4n) is 2.45. The summed E-state index contributed by atoms with van der Waals surface area (Å²) in [5, 5.41) is 5.06. The fraction of sp³-hybridized carbons (Fsp3) is 0.368. The van der Waals surface area contributed by atoms with Gasteiger partial charge in [0, 0.05) is 23.9 Å². The van der Waals surface area contributed by atoms with Crippen LogP contribution in [0.5, 0.6) is 5.88 Å². The van der Waals surface area contributed by atoms with Crippen molar-refractivity contribution in [3.8, 4) is 5.88 Å². The number of ether oxygens (including phenoxy) is 1. The molecular weight excluding hydrogens is 425 g/mol. The molecule has 2 aromatic rings. The van der Waals surface area contributed by atoms with Gasteiger partial charge in [-0.05, 0) is 38.0 Å². The topological polar surface area (TPSA) is 93.2 Å². The smallest absolute Gasteiger partial charge is 0.417 e. The van der Waals surface area contributed by atoms with Crippen LogP contribution in [0.3, 0.4) is 0 Å². The molecule has 30 heavy (non-hydrogen) atoms. The molecule has 0 bridgehead atoms. The highest BCUT2D eigenvalue weighted by Gasteiger charge is 2.32. The number of carbonyl (C=O) groups is 2. The lowest BCUT2D eigenvalue weighted by Crippen LogP contribution is -2.37. The van der Waals surface area contributed by atoms with Gasteiger partial charge in [-0.15, -0.1) is 0 Å². The summed E-state index contributed by atoms with van der Waals surface area (Å²) in [7, 11) is 0. The molecule has 2 aromatic heterocycles. The van der Waals surface area contributed by atoms with Gasteiger partial charge in [-0.3, -0.25) is 9.59 Å². The van der Waals surface area contributed by atoms with Crippen molar-refractivity contribution in [2.24, 2.45) is 5.92 Å². The van der Waals surface area contributed by atoms with Gasteiger partial charge >= 0.3 is 6.18 Å². The van der Waals surface area contributed by atoms with Gasteiger partial charge in [-0.25, -0.2) is 9.97 Å². The van der Waals surface area contributed by atoms with Gasteiger partial charge in [0.2, 0.25) is 11.8 Å². The summed E-state index contributed by atoms with van der Waals surface area (Å²) in [6, 6.07) is 3.17. The van der Waals surface area contributed by atoms with E-state index in [0.29, 0.717) is 6.20 Å². The van der Waals surface area contributed by atoms with Crippen LogP contribution in [-0.2, 0) is 11.0 Å². The largest absolute Gasteiger partial charge is 0.474 e. The zero-order valence-electron chi connectivity index (χ0n) is 15.8. The number of halogens is 4. The number of rotatable bonds is 7. The van der Waals surface area contributed by atoms with E-state index >= 15 is 0 Å². The summed E-state index contributed by atoms with van der Waals surface area (Å²) in [5.41, 5.74) is -0.697. The van der Waals surface area contributed by atoms with Crippen LogP contribution in [-0.4, -0.2) is 34.4 Å². The second kappa shape index (κ2) is 8.86. The molecule has 0 spiro atoms. The Morgan fingerprint density at radius 1 is 1.30 bits per heavy atom. The summed E-state index contributed by atoms with van der Waals surface area (Å²) in [5.74, 6) is -0.430. The van der Waals surface area contributed by atoms with Crippen LogP contribution in [0.25, 0.3) is 0 Å². The normalized spacial score (nSPS) is 14.7. The second-order valence-corrected chi connectivity index (χ2v) is 7.29. The maximum absolute atomic E-state index is 12.6. The van der Waals surface area contributed by atoms with Crippen LogP contribution >= 0.6 is 11.6 Å². The average molecular weight is 443 g/mol. The quantitative estimate of drug-likeness (QED) is 0.682. The Kier molecular flexibility index (Phi) is 6.45. The lowest BCUT2D eigenvalue weighted by molar-refractivity contribution is -0.137. The molecule has 7 nitrogen and oxygen atoms in total. The number of hydrogen-bond acceptors (Lipinski definition) is 5. The molecular formula is C19H18ClF3N4O3. The van der Waals surface area contributed by atoms with E-state index in [1.54, 1.807) is 6.92 Å². The van der Waals surface area contributed by atoms with E-state index in [2.05, 4.69) is 20.6 Å². The third-order valence-corrected chi connectivity index (χ3v) is 4.47. The highest BCUT2D eigenvalue weighted by atomic mass is 35.5. The van der Waals surface area contributed by atoms with E-state index in [1.165, 1.54) is 18.3 Å². The fourth-order valence-corrected chi connectivity index (χ4v) is 2.67. The molecule has 11 heteroatoms. The predicted molar refractivity (Wildman–Crippen MR) is 102 cm³/mol. The molecule has 1 fully saturated rings. The Balaban J connectivity index is 1.54. The Morgan fingerprint density at radius 2 is 2.03 bits per heavy atom. The molecule has 1 aliphatic carbocycles. The van der Waals surface area contributed by atoms with Crippen LogP contribution in [0.15, 0.2) is 30.6 Å². The minimum Gasteiger partial charge on any atom is -0.474 e. The highest BCUT2D eigenvalue weighted by Crippen LogP contribution is 2.33. The number of pyridine rings is 2. The number of nitrogens with one attached hydrogen (secondary N) is 2. The van der Waals surface area contributed by atoms with Crippen molar-refractivity contribution in [1.29, 1.82) is 0 Å². The summed E-state index contributed by atoms with van der Waals surface area (Å²) in [4.78, 5) is 31.8. The van der Waals surface area contributed by atoms with E-state index in [9.17, 15) is 22.8 Å². The van der Waals surface area contributed by atoms with Gasteiger partial charge in [0.15, 0.2) is 0 Å². The van der Waals surface area contributed by atoms with Crippen molar-refractivity contribution >= 4 is 29.2 Å². The monoisotopic (exact) mass is 442 g/mol. The molecule has 1 atom stereocenters. The van der Waals surface area contributed by atoms with Gasteiger partial charge in [0.1, 0.15) is 17.4 Å². The number of alkyl halides is 3. The van der Waals surface area contributed by atoms with Crippen LogP contribution in [0.1, 0.15) is 35.7 Å². The van der Waals surface area contributed by atoms with Crippen molar-refractivity contribution in [3.63, 3.8) is 0 Å². The molecule has 2 N–H and O–H groups in total. The van der Waals surface area contributed by atoms with Crippen molar-refractivity contribution in [2.45, 2.75) is 32.0 Å². The van der Waals surface area contributed by atoms with Gasteiger partial charge in [0.25, 0.3) is 5.91 Å². The lowest BCUT2D eigenvalue weighted by atomic mass is 10.2. The Hall–Kier alpha value is -2.88. The Bertz CT molecular complexity index is 951. The Labute approximate surface area is 175 Å². The molecule has 160 valence electrons. The number of carbonyl (C=O) groups excluding carboxylic acids is 2. The molecule has 1 saturated carbocycles. The zero-order chi connectivity index (χ0) is 21.9. The van der Waals surface area contributed by atoms with Crippen LogP contribution < -0.4 is 15.4 Å².